The molecule has 0 radical (unpaired) electrons. The number of hydrogen-bond acceptors (Lipinski definition) is 6. The Hall–Kier alpha value is -4.84. The van der Waals surface area contributed by atoms with E-state index in [2.05, 4.69) is 5.32 Å². The first kappa shape index (κ1) is 39.9. The lowest BCUT2D eigenvalue weighted by atomic mass is 9.92. The molecule has 3 aromatic carbocycles. The van der Waals surface area contributed by atoms with Gasteiger partial charge in [0.2, 0.25) is 5.91 Å². The van der Waals surface area contributed by atoms with E-state index in [-0.39, 0.29) is 43.1 Å². The molecule has 3 atom stereocenters. The van der Waals surface area contributed by atoms with Gasteiger partial charge in [-0.1, -0.05) is 44.2 Å². The number of benzene rings is 3. The van der Waals surface area contributed by atoms with Crippen molar-refractivity contribution in [1.29, 1.82) is 0 Å². The normalized spacial score (nSPS) is 15.9. The van der Waals surface area contributed by atoms with Crippen LogP contribution in [0, 0.1) is 18.6 Å². The fourth-order valence-electron chi connectivity index (χ4n) is 6.40. The predicted octanol–water partition coefficient (Wildman–Crippen LogP) is 5.89. The first-order valence-corrected chi connectivity index (χ1v) is 17.8. The van der Waals surface area contributed by atoms with Crippen LogP contribution in [0.25, 0.3) is 0 Å². The number of halogens is 2. The summed E-state index contributed by atoms with van der Waals surface area (Å²) in [7, 11) is 0. The molecule has 0 aromatic heterocycles. The number of nitrogens with one attached hydrogen (secondary N) is 1. The molecule has 0 spiro atoms. The fraction of sp³-hybridized carbons (Fsp3) is 0.450. The van der Waals surface area contributed by atoms with Gasteiger partial charge in [0, 0.05) is 49.9 Å². The molecule has 0 aliphatic carbocycles. The third-order valence-electron chi connectivity index (χ3n) is 8.65. The summed E-state index contributed by atoms with van der Waals surface area (Å²) < 4.78 is 34.4. The number of carbonyl (C=O) groups excluding carboxylic acids is 4. The molecule has 1 aliphatic heterocycles. The van der Waals surface area contributed by atoms with Crippen LogP contribution in [0.1, 0.15) is 84.9 Å². The number of amides is 4. The van der Waals surface area contributed by atoms with Crippen molar-refractivity contribution in [2.24, 2.45) is 0 Å². The van der Waals surface area contributed by atoms with E-state index in [0.29, 0.717) is 30.3 Å². The molecule has 1 aliphatic rings. The van der Waals surface area contributed by atoms with Gasteiger partial charge >= 0.3 is 6.09 Å². The molecule has 4 rings (SSSR count). The molecule has 280 valence electrons. The summed E-state index contributed by atoms with van der Waals surface area (Å²) in [6.45, 7) is 12.2. The van der Waals surface area contributed by atoms with Gasteiger partial charge in [-0.2, -0.15) is 0 Å². The Bertz CT molecular complexity index is 1700. The van der Waals surface area contributed by atoms with Crippen LogP contribution < -0.4 is 5.32 Å². The highest BCUT2D eigenvalue weighted by Gasteiger charge is 2.46. The van der Waals surface area contributed by atoms with Gasteiger partial charge in [0.15, 0.2) is 0 Å². The average Bonchev–Trinajstić information content (AvgIpc) is 3.07. The number of carbonyl (C=O) groups is 4. The Morgan fingerprint density at radius 2 is 1.54 bits per heavy atom. The Labute approximate surface area is 304 Å². The standard InChI is InChI=1S/C40H50F2N4O6/c1-7-14-44(15-8-2)37(49)30-19-26(3)18-29(23-30)36(48)43-33(22-28-20-31(41)24-32(42)21-28)35(47)34-38(50)45(25-27-12-10-9-11-13-27)16-17-46(34)39(51)52-40(4,5)6/h9-13,18-21,23-24,33-35,47H,7-8,14-17,22,25H2,1-6H3,(H,43,48)/t33-,34-,35-/m0/s1. The molecule has 3 aromatic rings. The molecule has 52 heavy (non-hydrogen) atoms. The first-order chi connectivity index (χ1) is 24.6. The van der Waals surface area contributed by atoms with Crippen LogP contribution in [-0.4, -0.2) is 93.6 Å². The maximum Gasteiger partial charge on any atom is 0.411 e. The van der Waals surface area contributed by atoms with E-state index in [0.717, 1.165) is 35.4 Å². The van der Waals surface area contributed by atoms with Crippen molar-refractivity contribution < 1.29 is 37.8 Å². The molecule has 0 bridgehead atoms. The third-order valence-corrected chi connectivity index (χ3v) is 8.65. The number of piperazine rings is 1. The summed E-state index contributed by atoms with van der Waals surface area (Å²) in [4.78, 5) is 59.7. The molecule has 0 saturated carbocycles. The Morgan fingerprint density at radius 1 is 0.923 bits per heavy atom. The molecule has 0 unspecified atom stereocenters. The molecular weight excluding hydrogens is 670 g/mol. The summed E-state index contributed by atoms with van der Waals surface area (Å²) in [5, 5.41) is 14.9. The topological polar surface area (TPSA) is 119 Å². The number of nitrogens with zero attached hydrogens (tertiary/aromatic N) is 3. The zero-order valence-corrected chi connectivity index (χ0v) is 30.8. The number of aryl methyl sites for hydroxylation is 1. The molecule has 2 N–H and O–H groups in total. The van der Waals surface area contributed by atoms with E-state index in [1.54, 1.807) is 44.7 Å². The highest BCUT2D eigenvalue weighted by molar-refractivity contribution is 6.00. The van der Waals surface area contributed by atoms with Gasteiger partial charge in [-0.15, -0.1) is 0 Å². The summed E-state index contributed by atoms with van der Waals surface area (Å²) in [6.07, 6.45) is -1.38. The minimum atomic E-state index is -1.76. The van der Waals surface area contributed by atoms with Crippen LogP contribution in [0.2, 0.25) is 0 Å². The average molecular weight is 721 g/mol. The fourth-order valence-corrected chi connectivity index (χ4v) is 6.40. The van der Waals surface area contributed by atoms with Gasteiger partial charge in [-0.3, -0.25) is 19.3 Å². The minimum absolute atomic E-state index is 0.0137. The zero-order valence-electron chi connectivity index (χ0n) is 30.8. The zero-order chi connectivity index (χ0) is 38.2. The Balaban J connectivity index is 1.73. The van der Waals surface area contributed by atoms with Crippen molar-refractivity contribution in [2.75, 3.05) is 26.2 Å². The third kappa shape index (κ3) is 10.6. The van der Waals surface area contributed by atoms with Gasteiger partial charge in [0.05, 0.1) is 6.04 Å². The van der Waals surface area contributed by atoms with Gasteiger partial charge in [-0.25, -0.2) is 13.6 Å². The number of rotatable bonds is 13. The van der Waals surface area contributed by atoms with Crippen molar-refractivity contribution in [2.45, 2.75) is 91.1 Å². The summed E-state index contributed by atoms with van der Waals surface area (Å²) >= 11 is 0. The van der Waals surface area contributed by atoms with Crippen LogP contribution in [0.15, 0.2) is 66.7 Å². The highest BCUT2D eigenvalue weighted by atomic mass is 19.1. The second kappa shape index (κ2) is 17.6. The monoisotopic (exact) mass is 720 g/mol. The van der Waals surface area contributed by atoms with E-state index in [9.17, 15) is 33.1 Å². The number of hydrogen-bond donors (Lipinski definition) is 2. The lowest BCUT2D eigenvalue weighted by Gasteiger charge is -2.44. The van der Waals surface area contributed by atoms with Crippen molar-refractivity contribution in [3.63, 3.8) is 0 Å². The van der Waals surface area contributed by atoms with Crippen LogP contribution in [0.5, 0.6) is 0 Å². The van der Waals surface area contributed by atoms with E-state index < -0.39 is 53.3 Å². The predicted molar refractivity (Wildman–Crippen MR) is 194 cm³/mol. The quantitative estimate of drug-likeness (QED) is 0.228. The van der Waals surface area contributed by atoms with Crippen LogP contribution in [-0.2, 0) is 22.5 Å². The second-order valence-electron chi connectivity index (χ2n) is 14.3. The highest BCUT2D eigenvalue weighted by Crippen LogP contribution is 2.24. The van der Waals surface area contributed by atoms with Crippen molar-refractivity contribution in [3.05, 3.63) is 106 Å². The van der Waals surface area contributed by atoms with Crippen molar-refractivity contribution in [1.82, 2.24) is 20.0 Å². The Kier molecular flexibility index (Phi) is 13.5. The lowest BCUT2D eigenvalue weighted by Crippen LogP contribution is -2.66. The first-order valence-electron chi connectivity index (χ1n) is 17.8. The van der Waals surface area contributed by atoms with E-state index in [4.69, 9.17) is 4.74 Å². The van der Waals surface area contributed by atoms with E-state index in [1.165, 1.54) is 11.0 Å². The van der Waals surface area contributed by atoms with E-state index in [1.807, 2.05) is 44.2 Å². The van der Waals surface area contributed by atoms with Gasteiger partial charge in [0.25, 0.3) is 11.8 Å². The molecule has 1 saturated heterocycles. The summed E-state index contributed by atoms with van der Waals surface area (Å²) in [5.74, 6) is -3.23. The largest absolute Gasteiger partial charge is 0.444 e. The SMILES string of the molecule is CCCN(CCC)C(=O)c1cc(C)cc(C(=O)N[C@@H](Cc2cc(F)cc(F)c2)[C@H](O)[C@H]2C(=O)N(Cc3ccccc3)CCN2C(=O)OC(C)(C)C)c1. The molecule has 10 nitrogen and oxygen atoms in total. The van der Waals surface area contributed by atoms with E-state index >= 15 is 0 Å². The minimum Gasteiger partial charge on any atom is -0.444 e. The summed E-state index contributed by atoms with van der Waals surface area (Å²) in [5.41, 5.74) is 1.08. The van der Waals surface area contributed by atoms with Crippen LogP contribution in [0.4, 0.5) is 13.6 Å². The van der Waals surface area contributed by atoms with Gasteiger partial charge in [-0.05, 0) is 94.0 Å². The van der Waals surface area contributed by atoms with Gasteiger partial charge < -0.3 is 25.0 Å². The maximum atomic E-state index is 14.4. The molecular formula is C40H50F2N4O6. The van der Waals surface area contributed by atoms with Crippen molar-refractivity contribution in [3.8, 4) is 0 Å². The molecule has 1 fully saturated rings. The summed E-state index contributed by atoms with van der Waals surface area (Å²) in [6, 6.07) is 14.0. The molecule has 12 heteroatoms. The van der Waals surface area contributed by atoms with Crippen molar-refractivity contribution >= 4 is 23.8 Å². The molecule has 4 amide bonds. The molecule has 1 heterocycles. The number of ether oxygens (including phenoxy) is 1. The lowest BCUT2D eigenvalue weighted by molar-refractivity contribution is -0.148. The number of aliphatic hydroxyl groups excluding tert-OH is 1. The maximum absolute atomic E-state index is 14.4. The van der Waals surface area contributed by atoms with Gasteiger partial charge in [0.1, 0.15) is 29.4 Å². The smallest absolute Gasteiger partial charge is 0.411 e. The number of aliphatic hydroxyl groups is 1. The van der Waals surface area contributed by atoms with Crippen LogP contribution in [0.3, 0.4) is 0 Å². The van der Waals surface area contributed by atoms with Crippen LogP contribution >= 0.6 is 0 Å². The second-order valence-corrected chi connectivity index (χ2v) is 14.3. The Morgan fingerprint density at radius 3 is 2.13 bits per heavy atom.